The molecule has 0 saturated carbocycles. The van der Waals surface area contributed by atoms with Gasteiger partial charge in [0, 0.05) is 6.92 Å². The van der Waals surface area contributed by atoms with Crippen molar-refractivity contribution in [2.24, 2.45) is 4.99 Å². The first-order valence-electron chi connectivity index (χ1n) is 8.32. The lowest BCUT2D eigenvalue weighted by atomic mass is 10.2. The molecule has 0 aromatic heterocycles. The summed E-state index contributed by atoms with van der Waals surface area (Å²) in [6.45, 7) is 4.07. The number of aliphatic imine (C=N–C) groups is 1. The Bertz CT molecular complexity index is 740. The number of unbranched alkanes of at least 4 members (excludes halogenated alkanes) is 3. The van der Waals surface area contributed by atoms with Gasteiger partial charge in [-0.15, -0.1) is 0 Å². The van der Waals surface area contributed by atoms with E-state index in [1.165, 1.54) is 13.3 Å². The van der Waals surface area contributed by atoms with Gasteiger partial charge >= 0.3 is 0 Å². The molecule has 5 nitrogen and oxygen atoms in total. The van der Waals surface area contributed by atoms with E-state index in [1.54, 1.807) is 18.2 Å². The van der Waals surface area contributed by atoms with Gasteiger partial charge in [0.2, 0.25) is 5.91 Å². The maximum absolute atomic E-state index is 11.9. The number of thioether (sulfide) groups is 1. The van der Waals surface area contributed by atoms with Gasteiger partial charge in [-0.1, -0.05) is 49.4 Å². The molecule has 0 bridgehead atoms. The SMILES string of the molecule is CCCCCCOc1c(Cl)cc(/C=C2/SC(NC(C)=O)=NC2=O)cc1Cl. The molecule has 0 saturated heterocycles. The van der Waals surface area contributed by atoms with Gasteiger partial charge in [-0.3, -0.25) is 9.59 Å². The summed E-state index contributed by atoms with van der Waals surface area (Å²) in [7, 11) is 0. The van der Waals surface area contributed by atoms with Crippen molar-refractivity contribution < 1.29 is 14.3 Å². The Morgan fingerprint density at radius 2 is 1.96 bits per heavy atom. The van der Waals surface area contributed by atoms with Crippen molar-refractivity contribution in [3.05, 3.63) is 32.6 Å². The van der Waals surface area contributed by atoms with Crippen LogP contribution in [0.15, 0.2) is 22.0 Å². The van der Waals surface area contributed by atoms with Crippen molar-refractivity contribution in [3.63, 3.8) is 0 Å². The zero-order chi connectivity index (χ0) is 19.1. The van der Waals surface area contributed by atoms with E-state index in [0.717, 1.165) is 31.0 Å². The second-order valence-electron chi connectivity index (χ2n) is 5.74. The lowest BCUT2D eigenvalue weighted by Gasteiger charge is -2.11. The fourth-order valence-corrected chi connectivity index (χ4v) is 3.74. The zero-order valence-corrected chi connectivity index (χ0v) is 16.9. The molecule has 1 aliphatic heterocycles. The third kappa shape index (κ3) is 6.04. The van der Waals surface area contributed by atoms with Gasteiger partial charge in [0.15, 0.2) is 10.9 Å². The highest BCUT2D eigenvalue weighted by atomic mass is 35.5. The summed E-state index contributed by atoms with van der Waals surface area (Å²) in [4.78, 5) is 27.1. The van der Waals surface area contributed by atoms with Crippen LogP contribution >= 0.6 is 35.0 Å². The summed E-state index contributed by atoms with van der Waals surface area (Å²) in [6.07, 6.45) is 6.02. The first-order valence-corrected chi connectivity index (χ1v) is 9.90. The molecule has 0 spiro atoms. The minimum absolute atomic E-state index is 0.262. The van der Waals surface area contributed by atoms with Crippen molar-refractivity contribution >= 4 is 58.0 Å². The number of benzene rings is 1. The summed E-state index contributed by atoms with van der Waals surface area (Å²) >= 11 is 13.6. The molecule has 1 aromatic rings. The molecule has 140 valence electrons. The lowest BCUT2D eigenvalue weighted by molar-refractivity contribution is -0.117. The highest BCUT2D eigenvalue weighted by molar-refractivity contribution is 8.18. The molecule has 1 aliphatic rings. The second kappa shape index (κ2) is 10.00. The van der Waals surface area contributed by atoms with E-state index in [9.17, 15) is 9.59 Å². The molecule has 26 heavy (non-hydrogen) atoms. The van der Waals surface area contributed by atoms with Crippen LogP contribution in [0.2, 0.25) is 10.0 Å². The van der Waals surface area contributed by atoms with Crippen LogP contribution in [0.25, 0.3) is 6.08 Å². The molecule has 0 unspecified atom stereocenters. The lowest BCUT2D eigenvalue weighted by Crippen LogP contribution is -2.23. The molecule has 1 aromatic carbocycles. The van der Waals surface area contributed by atoms with Gasteiger partial charge in [0.25, 0.3) is 5.91 Å². The number of hydrogen-bond acceptors (Lipinski definition) is 4. The van der Waals surface area contributed by atoms with E-state index in [0.29, 0.717) is 32.9 Å². The number of amidine groups is 1. The quantitative estimate of drug-likeness (QED) is 0.499. The summed E-state index contributed by atoms with van der Waals surface area (Å²) in [5.74, 6) is -0.244. The van der Waals surface area contributed by atoms with Crippen LogP contribution in [0.5, 0.6) is 5.75 Å². The molecular formula is C18H20Cl2N2O3S. The normalized spacial score (nSPS) is 15.3. The third-order valence-corrected chi connectivity index (χ3v) is 4.93. The average molecular weight is 415 g/mol. The number of ether oxygens (including phenoxy) is 1. The Morgan fingerprint density at radius 3 is 2.58 bits per heavy atom. The Labute approximate surface area is 167 Å². The van der Waals surface area contributed by atoms with E-state index in [2.05, 4.69) is 17.2 Å². The van der Waals surface area contributed by atoms with Crippen molar-refractivity contribution in [2.75, 3.05) is 6.61 Å². The van der Waals surface area contributed by atoms with Crippen LogP contribution in [0.3, 0.4) is 0 Å². The molecule has 8 heteroatoms. The van der Waals surface area contributed by atoms with Crippen molar-refractivity contribution in [1.29, 1.82) is 0 Å². The number of nitrogens with zero attached hydrogens (tertiary/aromatic N) is 1. The molecule has 0 fully saturated rings. The number of amides is 2. The predicted octanol–water partition coefficient (Wildman–Crippen LogP) is 5.06. The van der Waals surface area contributed by atoms with Gasteiger partial charge < -0.3 is 10.1 Å². The fraction of sp³-hybridized carbons (Fsp3) is 0.389. The van der Waals surface area contributed by atoms with Gasteiger partial charge in [-0.05, 0) is 42.0 Å². The van der Waals surface area contributed by atoms with Crippen LogP contribution in [0.4, 0.5) is 0 Å². The first kappa shape index (κ1) is 20.8. The molecule has 1 N–H and O–H groups in total. The number of carbonyl (C=O) groups excluding carboxylic acids is 2. The van der Waals surface area contributed by atoms with Gasteiger partial charge in [0.05, 0.1) is 21.6 Å². The standard InChI is InChI=1S/C18H20Cl2N2O3S/c1-3-4-5-6-7-25-16-13(19)8-12(9-14(16)20)10-15-17(24)22-18(26-15)21-11(2)23/h8-10H,3-7H2,1-2H3,(H,21,22,23,24)/b15-10+. The van der Waals surface area contributed by atoms with Crippen LogP contribution in [-0.4, -0.2) is 23.6 Å². The summed E-state index contributed by atoms with van der Waals surface area (Å²) in [5, 5.41) is 3.53. The number of rotatable bonds is 7. The van der Waals surface area contributed by atoms with Crippen LogP contribution in [0.1, 0.15) is 45.1 Å². The van der Waals surface area contributed by atoms with Gasteiger partial charge in [0.1, 0.15) is 0 Å². The minimum atomic E-state index is -0.415. The smallest absolute Gasteiger partial charge is 0.286 e. The topological polar surface area (TPSA) is 67.8 Å². The van der Waals surface area contributed by atoms with E-state index in [-0.39, 0.29) is 11.1 Å². The fourth-order valence-electron chi connectivity index (χ4n) is 2.27. The molecular weight excluding hydrogens is 395 g/mol. The zero-order valence-electron chi connectivity index (χ0n) is 14.6. The second-order valence-corrected chi connectivity index (χ2v) is 7.58. The van der Waals surface area contributed by atoms with Gasteiger partial charge in [-0.2, -0.15) is 4.99 Å². The first-order chi connectivity index (χ1) is 12.4. The molecule has 2 amide bonds. The summed E-state index contributed by atoms with van der Waals surface area (Å²) in [6, 6.07) is 3.37. The highest BCUT2D eigenvalue weighted by Crippen LogP contribution is 2.36. The maximum Gasteiger partial charge on any atom is 0.286 e. The minimum Gasteiger partial charge on any atom is -0.490 e. The molecule has 0 aliphatic carbocycles. The summed E-state index contributed by atoms with van der Waals surface area (Å²) in [5.41, 5.74) is 0.661. The molecule has 1 heterocycles. The van der Waals surface area contributed by atoms with Crippen molar-refractivity contribution in [3.8, 4) is 5.75 Å². The molecule has 0 atom stereocenters. The molecule has 0 radical (unpaired) electrons. The number of hydrogen-bond donors (Lipinski definition) is 1. The van der Waals surface area contributed by atoms with E-state index in [1.807, 2.05) is 0 Å². The van der Waals surface area contributed by atoms with Crippen LogP contribution in [-0.2, 0) is 9.59 Å². The van der Waals surface area contributed by atoms with Crippen molar-refractivity contribution in [1.82, 2.24) is 5.32 Å². The highest BCUT2D eigenvalue weighted by Gasteiger charge is 2.22. The maximum atomic E-state index is 11.9. The average Bonchev–Trinajstić information content (AvgIpc) is 2.88. The monoisotopic (exact) mass is 414 g/mol. The van der Waals surface area contributed by atoms with E-state index in [4.69, 9.17) is 27.9 Å². The number of nitrogens with one attached hydrogen (secondary N) is 1. The Morgan fingerprint density at radius 1 is 1.27 bits per heavy atom. The Kier molecular flexibility index (Phi) is 8.00. The molecule has 2 rings (SSSR count). The van der Waals surface area contributed by atoms with Crippen LogP contribution < -0.4 is 10.1 Å². The predicted molar refractivity (Wildman–Crippen MR) is 108 cm³/mol. The van der Waals surface area contributed by atoms with E-state index < -0.39 is 5.91 Å². The summed E-state index contributed by atoms with van der Waals surface area (Å²) < 4.78 is 5.69. The van der Waals surface area contributed by atoms with Crippen LogP contribution in [0, 0.1) is 0 Å². The largest absolute Gasteiger partial charge is 0.490 e. The van der Waals surface area contributed by atoms with Crippen molar-refractivity contribution in [2.45, 2.75) is 39.5 Å². The number of halogens is 2. The van der Waals surface area contributed by atoms with E-state index >= 15 is 0 Å². The van der Waals surface area contributed by atoms with Gasteiger partial charge in [-0.25, -0.2) is 0 Å². The third-order valence-electron chi connectivity index (χ3n) is 3.47. The Balaban J connectivity index is 2.05. The Hall–Kier alpha value is -1.50. The number of carbonyl (C=O) groups is 2.